The summed E-state index contributed by atoms with van der Waals surface area (Å²) in [6, 6.07) is 12.5. The molecular formula is C30H26N2O8. The van der Waals surface area contributed by atoms with Crippen LogP contribution in [0.25, 0.3) is 0 Å². The second-order valence-corrected chi connectivity index (χ2v) is 10.4. The van der Waals surface area contributed by atoms with E-state index in [0.29, 0.717) is 16.7 Å². The largest absolute Gasteiger partial charge is 0.508 e. The highest BCUT2D eigenvalue weighted by molar-refractivity contribution is 6.01. The summed E-state index contributed by atoms with van der Waals surface area (Å²) in [5, 5.41) is 25.3. The lowest BCUT2D eigenvalue weighted by atomic mass is 9.77. The molecule has 3 aromatic rings. The van der Waals surface area contributed by atoms with Crippen molar-refractivity contribution in [3.63, 3.8) is 0 Å². The van der Waals surface area contributed by atoms with Gasteiger partial charge < -0.3 is 35.1 Å². The molecule has 40 heavy (non-hydrogen) atoms. The lowest BCUT2D eigenvalue weighted by Crippen LogP contribution is -2.45. The van der Waals surface area contributed by atoms with Gasteiger partial charge in [0.25, 0.3) is 0 Å². The van der Waals surface area contributed by atoms with Crippen molar-refractivity contribution in [2.24, 2.45) is 0 Å². The Hall–Kier alpha value is -5.17. The number of hydrogen-bond acceptors (Lipinski definition) is 8. The van der Waals surface area contributed by atoms with Gasteiger partial charge in [-0.05, 0) is 57.2 Å². The predicted octanol–water partition coefficient (Wildman–Crippen LogP) is 4.52. The van der Waals surface area contributed by atoms with E-state index in [9.17, 15) is 24.6 Å². The number of ether oxygens (including phenoxy) is 3. The second-order valence-electron chi connectivity index (χ2n) is 10.4. The molecule has 2 aliphatic heterocycles. The molecular weight excluding hydrogens is 516 g/mol. The Morgan fingerprint density at radius 2 is 1.60 bits per heavy atom. The van der Waals surface area contributed by atoms with Crippen LogP contribution in [0.15, 0.2) is 54.6 Å². The van der Waals surface area contributed by atoms with E-state index in [1.165, 1.54) is 30.3 Å². The van der Waals surface area contributed by atoms with Crippen molar-refractivity contribution in [2.75, 3.05) is 5.32 Å². The van der Waals surface area contributed by atoms with E-state index in [4.69, 9.17) is 20.6 Å². The molecule has 10 heteroatoms. The number of fused-ring (bicyclic) bond motifs is 6. The molecule has 0 bridgehead atoms. The fourth-order valence-electron chi connectivity index (χ4n) is 4.79. The van der Waals surface area contributed by atoms with Gasteiger partial charge in [-0.15, -0.1) is 12.3 Å². The van der Waals surface area contributed by atoms with Crippen molar-refractivity contribution < 1.29 is 38.8 Å². The van der Waals surface area contributed by atoms with E-state index >= 15 is 0 Å². The molecule has 0 saturated heterocycles. The molecule has 0 radical (unpaired) electrons. The summed E-state index contributed by atoms with van der Waals surface area (Å²) >= 11 is 0. The van der Waals surface area contributed by atoms with Gasteiger partial charge in [0.05, 0.1) is 5.56 Å². The highest BCUT2D eigenvalue weighted by Gasteiger charge is 2.53. The fraction of sp³-hybridized carbons (Fsp3) is 0.233. The van der Waals surface area contributed by atoms with Crippen LogP contribution in [0, 0.1) is 12.3 Å². The number of alkyl carbamates (subject to hydrolysis) is 1. The molecule has 5 rings (SSSR count). The molecule has 2 amide bonds. The van der Waals surface area contributed by atoms with Crippen LogP contribution < -0.4 is 15.4 Å². The van der Waals surface area contributed by atoms with E-state index in [-0.39, 0.29) is 40.7 Å². The number of phenols is 2. The second kappa shape index (κ2) is 9.54. The molecule has 1 unspecified atom stereocenters. The molecule has 1 spiro atoms. The number of aromatic hydroxyl groups is 2. The summed E-state index contributed by atoms with van der Waals surface area (Å²) < 4.78 is 17.2. The van der Waals surface area contributed by atoms with Crippen molar-refractivity contribution in [1.82, 2.24) is 5.32 Å². The number of rotatable bonds is 4. The van der Waals surface area contributed by atoms with Gasteiger partial charge in [0.15, 0.2) is 5.60 Å². The van der Waals surface area contributed by atoms with Gasteiger partial charge in [-0.1, -0.05) is 6.07 Å². The highest BCUT2D eigenvalue weighted by atomic mass is 16.6. The van der Waals surface area contributed by atoms with Gasteiger partial charge in [0, 0.05) is 40.9 Å². The molecule has 0 aliphatic carbocycles. The maximum atomic E-state index is 13.3. The summed E-state index contributed by atoms with van der Waals surface area (Å²) in [5.41, 5.74) is -0.309. The summed E-state index contributed by atoms with van der Waals surface area (Å²) in [7, 11) is 0. The number of esters is 1. The minimum absolute atomic E-state index is 0.0541. The lowest BCUT2D eigenvalue weighted by molar-refractivity contribution is -0.118. The normalized spacial score (nSPS) is 14.9. The number of hydrogen-bond donors (Lipinski definition) is 4. The first-order chi connectivity index (χ1) is 18.9. The third-order valence-corrected chi connectivity index (χ3v) is 6.37. The number of benzene rings is 3. The lowest BCUT2D eigenvalue weighted by Gasteiger charge is -2.36. The van der Waals surface area contributed by atoms with E-state index < -0.39 is 35.2 Å². The van der Waals surface area contributed by atoms with Crippen LogP contribution in [0.3, 0.4) is 0 Å². The van der Waals surface area contributed by atoms with Crippen LogP contribution in [-0.4, -0.2) is 39.8 Å². The van der Waals surface area contributed by atoms with Gasteiger partial charge in [-0.3, -0.25) is 4.79 Å². The van der Waals surface area contributed by atoms with Crippen LogP contribution in [0.2, 0.25) is 0 Å². The van der Waals surface area contributed by atoms with E-state index in [2.05, 4.69) is 16.6 Å². The summed E-state index contributed by atoms with van der Waals surface area (Å²) in [6.07, 6.45) is 4.52. The predicted molar refractivity (Wildman–Crippen MR) is 143 cm³/mol. The SMILES string of the molecule is C#CCC(NC(=O)OC(C)(C)C)C(=O)Nc1ccc2c(c1)C(=O)OC21c2ccc(O)cc2Oc2cc(O)ccc21. The van der Waals surface area contributed by atoms with Gasteiger partial charge in [0.1, 0.15) is 34.6 Å². The van der Waals surface area contributed by atoms with Crippen molar-refractivity contribution in [3.8, 4) is 35.3 Å². The Bertz CT molecular complexity index is 1550. The number of nitrogens with one attached hydrogen (secondary N) is 2. The molecule has 1 atom stereocenters. The maximum absolute atomic E-state index is 13.3. The first-order valence-corrected chi connectivity index (χ1v) is 12.4. The summed E-state index contributed by atoms with van der Waals surface area (Å²) in [6.45, 7) is 5.08. The summed E-state index contributed by atoms with van der Waals surface area (Å²) in [4.78, 5) is 38.5. The molecule has 2 heterocycles. The van der Waals surface area contributed by atoms with Crippen molar-refractivity contribution in [2.45, 2.75) is 44.4 Å². The Morgan fingerprint density at radius 3 is 2.17 bits per heavy atom. The smallest absolute Gasteiger partial charge is 0.408 e. The van der Waals surface area contributed by atoms with Crippen LogP contribution >= 0.6 is 0 Å². The Kier molecular flexibility index (Phi) is 6.30. The molecule has 4 N–H and O–H groups in total. The van der Waals surface area contributed by atoms with Crippen LogP contribution in [-0.2, 0) is 19.9 Å². The minimum Gasteiger partial charge on any atom is -0.508 e. The third-order valence-electron chi connectivity index (χ3n) is 6.37. The number of amides is 2. The highest BCUT2D eigenvalue weighted by Crippen LogP contribution is 2.57. The Labute approximate surface area is 229 Å². The molecule has 204 valence electrons. The topological polar surface area (TPSA) is 143 Å². The average molecular weight is 543 g/mol. The molecule has 0 saturated carbocycles. The number of phenolic OH excluding ortho intramolecular Hbond substituents is 2. The number of anilines is 1. The summed E-state index contributed by atoms with van der Waals surface area (Å²) in [5.74, 6) is 1.50. The zero-order valence-electron chi connectivity index (χ0n) is 21.9. The van der Waals surface area contributed by atoms with Crippen LogP contribution in [0.1, 0.15) is 54.2 Å². The monoisotopic (exact) mass is 542 g/mol. The molecule has 2 aliphatic rings. The fourth-order valence-corrected chi connectivity index (χ4v) is 4.79. The standard InChI is InChI=1S/C30H26N2O8/c1-5-6-23(32-28(37)40-29(2,3)4)26(35)31-16-7-10-20-19(13-16)27(36)39-30(20)21-11-8-17(33)14-24(21)38-25-15-18(34)9-12-22(25)30/h1,7-15,23,33-34H,6H2,2-4H3,(H,31,35)(H,32,37). The van der Waals surface area contributed by atoms with Gasteiger partial charge in [-0.25, -0.2) is 9.59 Å². The zero-order valence-corrected chi connectivity index (χ0v) is 21.9. The molecule has 0 aromatic heterocycles. The van der Waals surface area contributed by atoms with E-state index in [1.54, 1.807) is 45.0 Å². The van der Waals surface area contributed by atoms with E-state index in [1.807, 2.05) is 0 Å². The number of carbonyl (C=O) groups excluding carboxylic acids is 3. The van der Waals surface area contributed by atoms with Gasteiger partial charge >= 0.3 is 12.1 Å². The quantitative estimate of drug-likeness (QED) is 0.278. The van der Waals surface area contributed by atoms with Gasteiger partial charge in [0.2, 0.25) is 5.91 Å². The molecule has 3 aromatic carbocycles. The van der Waals surface area contributed by atoms with E-state index in [0.717, 1.165) is 0 Å². The van der Waals surface area contributed by atoms with Crippen molar-refractivity contribution in [3.05, 3.63) is 76.9 Å². The minimum atomic E-state index is -1.43. The van der Waals surface area contributed by atoms with Crippen LogP contribution in [0.4, 0.5) is 10.5 Å². The third kappa shape index (κ3) is 4.62. The first kappa shape index (κ1) is 26.4. The average Bonchev–Trinajstić information content (AvgIpc) is 3.14. The molecule has 0 fully saturated rings. The Morgan fingerprint density at radius 1 is 1.00 bits per heavy atom. The zero-order chi connectivity index (χ0) is 28.8. The van der Waals surface area contributed by atoms with Gasteiger partial charge in [-0.2, -0.15) is 0 Å². The first-order valence-electron chi connectivity index (χ1n) is 12.4. The van der Waals surface area contributed by atoms with Crippen molar-refractivity contribution in [1.29, 1.82) is 0 Å². The van der Waals surface area contributed by atoms with Crippen LogP contribution in [0.5, 0.6) is 23.0 Å². The Balaban J connectivity index is 1.50. The van der Waals surface area contributed by atoms with Crippen molar-refractivity contribution >= 4 is 23.7 Å². The number of carbonyl (C=O) groups is 3. The maximum Gasteiger partial charge on any atom is 0.408 e. The number of terminal acetylenes is 1. The molecule has 10 nitrogen and oxygen atoms in total.